The molecule has 0 saturated carbocycles. The van der Waals surface area contributed by atoms with E-state index in [-0.39, 0.29) is 101 Å². The Morgan fingerprint density at radius 2 is 1.45 bits per heavy atom. The van der Waals surface area contributed by atoms with E-state index in [2.05, 4.69) is 57.5 Å². The fraction of sp³-hybridized carbons (Fsp3) is 0.667. The van der Waals surface area contributed by atoms with Crippen molar-refractivity contribution in [3.05, 3.63) is 30.0 Å². The molecule has 0 spiro atoms. The van der Waals surface area contributed by atoms with Gasteiger partial charge in [-0.2, -0.15) is 0 Å². The summed E-state index contributed by atoms with van der Waals surface area (Å²) in [6.07, 6.45) is 7.91. The number of aliphatic imine (C=N–C) groups is 1. The lowest BCUT2D eigenvalue weighted by atomic mass is 10.1. The number of rotatable bonds is 38. The van der Waals surface area contributed by atoms with E-state index in [0.717, 1.165) is 12.8 Å². The fourth-order valence-corrected chi connectivity index (χ4v) is 7.85. The molecule has 2 rings (SSSR count). The maximum absolute atomic E-state index is 14.4. The molecule has 0 unspecified atom stereocenters. The molecule has 0 radical (unpaired) electrons. The SMILES string of the molecule is C[C@H](NC(=O)C[C@@H](O)CN)C(=O)NCC(=O)/N=C(\CCCN)C(=O)N1CCC[C@H]1C(=O)N[C@@H](Cc1cnc[nH]1)C(=O)N[C@@H](CCCCN)C(=O)N/C(=C\CCNC(=N)N)C(=O)N[C@@H](CCCCN)C(=O)NCCCCCN. The molecule has 0 bridgehead atoms. The Labute approximate surface area is 449 Å². The average Bonchev–Trinajstić information content (AvgIpc) is 4.12. The zero-order valence-corrected chi connectivity index (χ0v) is 44.3. The first-order valence-electron chi connectivity index (χ1n) is 26.3. The molecule has 1 saturated heterocycles. The van der Waals surface area contributed by atoms with Gasteiger partial charge in [-0.3, -0.25) is 48.6 Å². The number of nitrogens with zero attached hydrogens (tertiary/aromatic N) is 3. The number of aliphatic hydroxyl groups excluding tert-OH is 1. The van der Waals surface area contributed by atoms with Crippen molar-refractivity contribution in [2.75, 3.05) is 58.9 Å². The molecule has 2 heterocycles. The summed E-state index contributed by atoms with van der Waals surface area (Å²) in [6.45, 7) is 2.39. The van der Waals surface area contributed by atoms with E-state index < -0.39 is 96.0 Å². The second-order valence-electron chi connectivity index (χ2n) is 18.5. The van der Waals surface area contributed by atoms with Gasteiger partial charge < -0.3 is 91.9 Å². The second kappa shape index (κ2) is 37.8. The van der Waals surface area contributed by atoms with Gasteiger partial charge in [-0.25, -0.2) is 9.98 Å². The number of amides is 9. The predicted octanol–water partition coefficient (Wildman–Crippen LogP) is -5.19. The van der Waals surface area contributed by atoms with E-state index in [9.17, 15) is 48.3 Å². The van der Waals surface area contributed by atoms with Crippen LogP contribution in [0.2, 0.25) is 0 Å². The van der Waals surface area contributed by atoms with Gasteiger partial charge in [0.05, 0.1) is 25.4 Å². The third-order valence-corrected chi connectivity index (χ3v) is 12.1. The highest BCUT2D eigenvalue weighted by Gasteiger charge is 2.38. The number of aromatic nitrogens is 2. The number of aromatic amines is 1. The summed E-state index contributed by atoms with van der Waals surface area (Å²) in [5, 5.41) is 38.2. The number of guanidine groups is 1. The molecule has 0 aliphatic carbocycles. The van der Waals surface area contributed by atoms with Crippen molar-refractivity contribution < 1.29 is 48.3 Å². The van der Waals surface area contributed by atoms with Crippen LogP contribution in [0.4, 0.5) is 0 Å². The molecule has 1 aromatic heterocycles. The summed E-state index contributed by atoms with van der Waals surface area (Å²) in [5.74, 6) is -6.92. The Bertz CT molecular complexity index is 2120. The lowest BCUT2D eigenvalue weighted by molar-refractivity contribution is -0.136. The summed E-state index contributed by atoms with van der Waals surface area (Å²) < 4.78 is 0. The molecular weight excluding hydrogens is 1000 g/mol. The van der Waals surface area contributed by atoms with E-state index >= 15 is 0 Å². The largest absolute Gasteiger partial charge is 0.391 e. The third kappa shape index (κ3) is 26.1. The lowest BCUT2D eigenvalue weighted by Crippen LogP contribution is -2.57. The Morgan fingerprint density at radius 3 is 2.08 bits per heavy atom. The van der Waals surface area contributed by atoms with Crippen LogP contribution < -0.4 is 76.9 Å². The molecule has 9 amide bonds. The highest BCUT2D eigenvalue weighted by molar-refractivity contribution is 6.40. The van der Waals surface area contributed by atoms with Crippen molar-refractivity contribution in [1.82, 2.24) is 57.4 Å². The normalized spacial score (nSPS) is 15.5. The number of carbonyl (C=O) groups excluding carboxylic acids is 9. The molecule has 23 N–H and O–H groups in total. The average molecular weight is 1090 g/mol. The Kier molecular flexibility index (Phi) is 32.5. The van der Waals surface area contributed by atoms with Gasteiger partial charge >= 0.3 is 0 Å². The van der Waals surface area contributed by atoms with Gasteiger partial charge in [0.25, 0.3) is 17.7 Å². The van der Waals surface area contributed by atoms with Gasteiger partial charge in [0.1, 0.15) is 41.6 Å². The van der Waals surface area contributed by atoms with Crippen molar-refractivity contribution in [2.45, 2.75) is 146 Å². The summed E-state index contributed by atoms with van der Waals surface area (Å²) in [7, 11) is 0. The third-order valence-electron chi connectivity index (χ3n) is 12.1. The first-order valence-corrected chi connectivity index (χ1v) is 26.3. The zero-order valence-electron chi connectivity index (χ0n) is 44.3. The minimum absolute atomic E-state index is 0.0443. The number of nitrogens with one attached hydrogen (secondary N) is 10. The molecule has 6 atom stereocenters. The van der Waals surface area contributed by atoms with Gasteiger partial charge in [-0.15, -0.1) is 0 Å². The van der Waals surface area contributed by atoms with Crippen molar-refractivity contribution in [1.29, 1.82) is 5.41 Å². The molecule has 1 aliphatic rings. The molecule has 0 aromatic carbocycles. The van der Waals surface area contributed by atoms with E-state index in [1.807, 2.05) is 0 Å². The van der Waals surface area contributed by atoms with Crippen LogP contribution in [0.1, 0.15) is 109 Å². The highest BCUT2D eigenvalue weighted by Crippen LogP contribution is 2.20. The van der Waals surface area contributed by atoms with Crippen molar-refractivity contribution >= 4 is 64.8 Å². The Balaban J connectivity index is 2.39. The van der Waals surface area contributed by atoms with E-state index in [1.165, 1.54) is 30.4 Å². The smallest absolute Gasteiger partial charge is 0.269 e. The minimum Gasteiger partial charge on any atom is -0.391 e. The van der Waals surface area contributed by atoms with Crippen LogP contribution in [-0.2, 0) is 49.6 Å². The van der Waals surface area contributed by atoms with E-state index in [0.29, 0.717) is 63.9 Å². The van der Waals surface area contributed by atoms with Crippen LogP contribution in [0.5, 0.6) is 0 Å². The number of aliphatic hydroxyl groups is 1. The highest BCUT2D eigenvalue weighted by atomic mass is 16.3. The van der Waals surface area contributed by atoms with E-state index in [4.69, 9.17) is 39.8 Å². The summed E-state index contributed by atoms with van der Waals surface area (Å²) in [4.78, 5) is 134. The van der Waals surface area contributed by atoms with Crippen molar-refractivity contribution in [2.24, 2.45) is 39.4 Å². The van der Waals surface area contributed by atoms with Crippen molar-refractivity contribution in [3.63, 3.8) is 0 Å². The van der Waals surface area contributed by atoms with Gasteiger partial charge in [0, 0.05) is 44.5 Å². The monoisotopic (exact) mass is 1090 g/mol. The van der Waals surface area contributed by atoms with Crippen LogP contribution in [-0.4, -0.2) is 180 Å². The predicted molar refractivity (Wildman–Crippen MR) is 286 cm³/mol. The number of imidazole rings is 1. The number of unbranched alkanes of at least 4 members (excludes halogenated alkanes) is 4. The number of hydrogen-bond acceptors (Lipinski definition) is 17. The Hall–Kier alpha value is -6.92. The fourth-order valence-electron chi connectivity index (χ4n) is 7.85. The molecule has 432 valence electrons. The standard InChI is InChI=1S/C48H85N19O10/c1-30(61-39(69)25-32(68)26-53)41(71)59-28-40(70)62-36(14-9-20-52)47(77)67-23-11-16-38(67)46(76)66-37(24-31-27-56-29-60-31)45(75)65-34(13-4-7-19-51)43(73)64-35(15-10-22-58-48(54)55)44(74)63-33(12-3-6-18-50)42(72)57-21-8-2-5-17-49/h15,27,29-30,32-34,37-38,68H,2-14,16-26,28,49-53H2,1H3,(H,56,60)(H,57,72)(H,59,71)(H,61,69)(H,63,74)(H,64,73)(H,65,75)(H,66,76)(H4,54,55,58)/b35-15-,62-36+/t30-,32+,33-,34-,37-,38-/m0/s1. The first-order chi connectivity index (χ1) is 36.9. The van der Waals surface area contributed by atoms with E-state index in [1.54, 1.807) is 0 Å². The molecule has 77 heavy (non-hydrogen) atoms. The Morgan fingerprint density at radius 1 is 0.792 bits per heavy atom. The summed E-state index contributed by atoms with van der Waals surface area (Å²) >= 11 is 0. The molecular formula is C48H85N19O10. The van der Waals surface area contributed by atoms with Crippen LogP contribution >= 0.6 is 0 Å². The first kappa shape index (κ1) is 66.2. The van der Waals surface area contributed by atoms with Crippen LogP contribution in [0.3, 0.4) is 0 Å². The summed E-state index contributed by atoms with van der Waals surface area (Å²) in [6, 6.07) is -5.89. The maximum atomic E-state index is 14.4. The number of likely N-dealkylation sites (tertiary alicyclic amines) is 1. The number of carbonyl (C=O) groups is 9. The van der Waals surface area contributed by atoms with Gasteiger partial charge in [-0.05, 0) is 117 Å². The van der Waals surface area contributed by atoms with Gasteiger partial charge in [-0.1, -0.05) is 12.5 Å². The van der Waals surface area contributed by atoms with Crippen LogP contribution in [0.25, 0.3) is 0 Å². The molecule has 29 heteroatoms. The second-order valence-corrected chi connectivity index (χ2v) is 18.5. The van der Waals surface area contributed by atoms with Crippen LogP contribution in [0, 0.1) is 5.41 Å². The number of H-pyrrole nitrogens is 1. The zero-order chi connectivity index (χ0) is 57.1. The van der Waals surface area contributed by atoms with Crippen molar-refractivity contribution in [3.8, 4) is 0 Å². The number of nitrogens with two attached hydrogens (primary N) is 6. The minimum atomic E-state index is -1.36. The molecule has 1 aliphatic heterocycles. The van der Waals surface area contributed by atoms with Crippen LogP contribution in [0.15, 0.2) is 29.3 Å². The quantitative estimate of drug-likeness (QED) is 0.0127. The molecule has 1 aromatic rings. The van der Waals surface area contributed by atoms with Gasteiger partial charge in [0.15, 0.2) is 5.96 Å². The topological polar surface area (TPSA) is 494 Å². The van der Waals surface area contributed by atoms with Gasteiger partial charge in [0.2, 0.25) is 35.4 Å². The summed E-state index contributed by atoms with van der Waals surface area (Å²) in [5.41, 5.74) is 33.6. The number of hydrogen-bond donors (Lipinski definition) is 17. The maximum Gasteiger partial charge on any atom is 0.269 e. The molecule has 1 fully saturated rings. The lowest BCUT2D eigenvalue weighted by Gasteiger charge is -2.28. The molecule has 29 nitrogen and oxygen atoms in total.